The molecule has 0 heterocycles. The monoisotopic (exact) mass is 338 g/mol. The Morgan fingerprint density at radius 2 is 1.28 bits per heavy atom. The van der Waals surface area contributed by atoms with Crippen molar-refractivity contribution in [2.24, 2.45) is 0 Å². The van der Waals surface area contributed by atoms with Gasteiger partial charge >= 0.3 is 0 Å². The molecule has 0 radical (unpaired) electrons. The third-order valence-electron chi connectivity index (χ3n) is 3.75. The van der Waals surface area contributed by atoms with E-state index >= 15 is 0 Å². The fraction of sp³-hybridized carbons (Fsp3) is 0.238. The number of fused-ring (bicyclic) bond motifs is 1. The highest BCUT2D eigenvalue weighted by atomic mass is 16.5. The van der Waals surface area contributed by atoms with Crippen LogP contribution in [0.1, 0.15) is 0 Å². The van der Waals surface area contributed by atoms with Gasteiger partial charge in [-0.3, -0.25) is 0 Å². The molecule has 0 atom stereocenters. The highest BCUT2D eigenvalue weighted by molar-refractivity contribution is 5.83. The van der Waals surface area contributed by atoms with Crippen LogP contribution in [0.4, 0.5) is 0 Å². The van der Waals surface area contributed by atoms with Crippen LogP contribution in [0.25, 0.3) is 10.8 Å². The Kier molecular flexibility index (Phi) is 6.12. The summed E-state index contributed by atoms with van der Waals surface area (Å²) in [5.41, 5.74) is 0. The van der Waals surface area contributed by atoms with E-state index in [-0.39, 0.29) is 0 Å². The maximum absolute atomic E-state index is 5.73. The van der Waals surface area contributed by atoms with Gasteiger partial charge in [0.1, 0.15) is 30.5 Å². The molecule has 0 saturated heterocycles. The first-order valence-electron chi connectivity index (χ1n) is 8.31. The maximum atomic E-state index is 5.73. The van der Waals surface area contributed by atoms with Gasteiger partial charge in [-0.1, -0.05) is 36.4 Å². The van der Waals surface area contributed by atoms with Crippen LogP contribution in [0.5, 0.6) is 17.2 Å². The zero-order valence-corrected chi connectivity index (χ0v) is 14.3. The van der Waals surface area contributed by atoms with Crippen LogP contribution < -0.4 is 14.2 Å². The Labute approximate surface area is 147 Å². The number of hydrogen-bond donors (Lipinski definition) is 0. The smallest absolute Gasteiger partial charge is 0.123 e. The van der Waals surface area contributed by atoms with E-state index in [9.17, 15) is 0 Å². The van der Waals surface area contributed by atoms with E-state index in [1.807, 2.05) is 48.5 Å². The number of rotatable bonds is 9. The molecule has 0 fully saturated rings. The van der Waals surface area contributed by atoms with Crippen LogP contribution in [0, 0.1) is 0 Å². The van der Waals surface area contributed by atoms with Crippen LogP contribution in [0.15, 0.2) is 66.7 Å². The van der Waals surface area contributed by atoms with Crippen molar-refractivity contribution in [2.45, 2.75) is 0 Å². The molecule has 0 saturated carbocycles. The number of hydrogen-bond acceptors (Lipinski definition) is 4. The largest absolute Gasteiger partial charge is 0.497 e. The third-order valence-corrected chi connectivity index (χ3v) is 3.75. The van der Waals surface area contributed by atoms with E-state index in [1.165, 1.54) is 10.8 Å². The van der Waals surface area contributed by atoms with Crippen LogP contribution in [-0.4, -0.2) is 33.5 Å². The standard InChI is InChI=1S/C21H22O4/c1-22-19-7-4-8-20(16-19)24-13-11-23-12-14-25-21-10-9-17-5-2-3-6-18(17)15-21/h2-10,15-16H,11-14H2,1H3. The van der Waals surface area contributed by atoms with Crippen molar-refractivity contribution < 1.29 is 18.9 Å². The molecule has 0 bridgehead atoms. The predicted octanol–water partition coefficient (Wildman–Crippen LogP) is 4.32. The molecule has 0 spiro atoms. The van der Waals surface area contributed by atoms with Crippen LogP contribution in [0.2, 0.25) is 0 Å². The first-order valence-corrected chi connectivity index (χ1v) is 8.31. The molecule has 0 N–H and O–H groups in total. The molecule has 4 nitrogen and oxygen atoms in total. The second-order valence-electron chi connectivity index (χ2n) is 5.50. The van der Waals surface area contributed by atoms with Crippen molar-refractivity contribution in [3.63, 3.8) is 0 Å². The van der Waals surface area contributed by atoms with Gasteiger partial charge in [0, 0.05) is 6.07 Å². The molecule has 130 valence electrons. The predicted molar refractivity (Wildman–Crippen MR) is 98.8 cm³/mol. The topological polar surface area (TPSA) is 36.9 Å². The second kappa shape index (κ2) is 8.94. The van der Waals surface area contributed by atoms with Gasteiger partial charge in [0.25, 0.3) is 0 Å². The Hall–Kier alpha value is -2.72. The summed E-state index contributed by atoms with van der Waals surface area (Å²) in [5.74, 6) is 2.41. The van der Waals surface area contributed by atoms with Crippen molar-refractivity contribution in [3.05, 3.63) is 66.7 Å². The van der Waals surface area contributed by atoms with Gasteiger partial charge in [0.2, 0.25) is 0 Å². The zero-order chi connectivity index (χ0) is 17.3. The van der Waals surface area contributed by atoms with Crippen molar-refractivity contribution in [3.8, 4) is 17.2 Å². The lowest BCUT2D eigenvalue weighted by molar-refractivity contribution is 0.0764. The summed E-state index contributed by atoms with van der Waals surface area (Å²) in [6, 6.07) is 21.8. The first kappa shape index (κ1) is 17.1. The van der Waals surface area contributed by atoms with E-state index in [4.69, 9.17) is 18.9 Å². The fourth-order valence-corrected chi connectivity index (χ4v) is 2.49. The van der Waals surface area contributed by atoms with Crippen molar-refractivity contribution >= 4 is 10.8 Å². The van der Waals surface area contributed by atoms with E-state index in [2.05, 4.69) is 18.2 Å². The van der Waals surface area contributed by atoms with Crippen LogP contribution >= 0.6 is 0 Å². The molecule has 0 aliphatic carbocycles. The minimum atomic E-state index is 0.489. The average molecular weight is 338 g/mol. The number of methoxy groups -OCH3 is 1. The summed E-state index contributed by atoms with van der Waals surface area (Å²) < 4.78 is 22.0. The number of ether oxygens (including phenoxy) is 4. The van der Waals surface area contributed by atoms with Gasteiger partial charge in [0.15, 0.2) is 0 Å². The van der Waals surface area contributed by atoms with Crippen LogP contribution in [-0.2, 0) is 4.74 Å². The lowest BCUT2D eigenvalue weighted by Crippen LogP contribution is -2.12. The van der Waals surface area contributed by atoms with Crippen molar-refractivity contribution in [1.29, 1.82) is 0 Å². The lowest BCUT2D eigenvalue weighted by atomic mass is 10.1. The van der Waals surface area contributed by atoms with Gasteiger partial charge in [-0.2, -0.15) is 0 Å². The molecule has 0 unspecified atom stereocenters. The summed E-state index contributed by atoms with van der Waals surface area (Å²) in [7, 11) is 1.64. The van der Waals surface area contributed by atoms with Gasteiger partial charge in [-0.15, -0.1) is 0 Å². The minimum Gasteiger partial charge on any atom is -0.497 e. The van der Waals surface area contributed by atoms with E-state index < -0.39 is 0 Å². The number of benzene rings is 3. The summed E-state index contributed by atoms with van der Waals surface area (Å²) in [6.07, 6.45) is 0. The first-order chi connectivity index (χ1) is 12.3. The Balaban J connectivity index is 1.33. The molecular formula is C21H22O4. The highest BCUT2D eigenvalue weighted by Crippen LogP contribution is 2.20. The van der Waals surface area contributed by atoms with Crippen molar-refractivity contribution in [1.82, 2.24) is 0 Å². The zero-order valence-electron chi connectivity index (χ0n) is 14.3. The fourth-order valence-electron chi connectivity index (χ4n) is 2.49. The maximum Gasteiger partial charge on any atom is 0.123 e. The normalized spacial score (nSPS) is 10.6. The van der Waals surface area contributed by atoms with Gasteiger partial charge in [-0.25, -0.2) is 0 Å². The molecule has 0 aliphatic rings. The highest BCUT2D eigenvalue weighted by Gasteiger charge is 1.99. The molecule has 0 aromatic heterocycles. The molecule has 4 heteroatoms. The average Bonchev–Trinajstić information content (AvgIpc) is 2.67. The third kappa shape index (κ3) is 5.13. The molecule has 3 aromatic carbocycles. The molecule has 3 rings (SSSR count). The van der Waals surface area contributed by atoms with E-state index in [1.54, 1.807) is 7.11 Å². The Morgan fingerprint density at radius 1 is 0.600 bits per heavy atom. The van der Waals surface area contributed by atoms with Crippen molar-refractivity contribution in [2.75, 3.05) is 33.5 Å². The summed E-state index contributed by atoms with van der Waals surface area (Å²) in [5, 5.41) is 2.38. The SMILES string of the molecule is COc1cccc(OCCOCCOc2ccc3ccccc3c2)c1. The van der Waals surface area contributed by atoms with Gasteiger partial charge in [0.05, 0.1) is 20.3 Å². The van der Waals surface area contributed by atoms with Gasteiger partial charge < -0.3 is 18.9 Å². The Bertz CT molecular complexity index is 801. The molecule has 25 heavy (non-hydrogen) atoms. The van der Waals surface area contributed by atoms with Gasteiger partial charge in [-0.05, 0) is 35.0 Å². The molecule has 0 amide bonds. The summed E-state index contributed by atoms with van der Waals surface area (Å²) >= 11 is 0. The molecule has 0 aliphatic heterocycles. The molecular weight excluding hydrogens is 316 g/mol. The minimum absolute atomic E-state index is 0.489. The second-order valence-corrected chi connectivity index (χ2v) is 5.50. The van der Waals surface area contributed by atoms with Crippen LogP contribution in [0.3, 0.4) is 0 Å². The lowest BCUT2D eigenvalue weighted by Gasteiger charge is -2.09. The Morgan fingerprint density at radius 3 is 2.04 bits per heavy atom. The summed E-state index contributed by atoms with van der Waals surface area (Å²) in [6.45, 7) is 2.03. The summed E-state index contributed by atoms with van der Waals surface area (Å²) in [4.78, 5) is 0. The van der Waals surface area contributed by atoms with E-state index in [0.29, 0.717) is 26.4 Å². The molecule has 3 aromatic rings. The quantitative estimate of drug-likeness (QED) is 0.544. The van der Waals surface area contributed by atoms with E-state index in [0.717, 1.165) is 17.2 Å².